The minimum atomic E-state index is -3.56. The Bertz CT molecular complexity index is 1600. The highest BCUT2D eigenvalue weighted by atomic mass is 31.2. The molecule has 4 aromatic rings. The van der Waals surface area contributed by atoms with E-state index >= 15 is 0 Å². The molecule has 4 rings (SSSR count). The van der Waals surface area contributed by atoms with Gasteiger partial charge in [0.25, 0.3) is 0 Å². The van der Waals surface area contributed by atoms with Gasteiger partial charge in [-0.3, -0.25) is 9.59 Å². The van der Waals surface area contributed by atoms with Crippen molar-refractivity contribution in [2.75, 3.05) is 6.61 Å². The fraction of sp³-hybridized carbons (Fsp3) is 0.182. The van der Waals surface area contributed by atoms with Gasteiger partial charge in [-0.2, -0.15) is 0 Å². The van der Waals surface area contributed by atoms with Crippen molar-refractivity contribution in [1.82, 2.24) is 0 Å². The van der Waals surface area contributed by atoms with Crippen molar-refractivity contribution < 1.29 is 42.8 Å². The highest BCUT2D eigenvalue weighted by Gasteiger charge is 2.18. The van der Waals surface area contributed by atoms with E-state index in [4.69, 9.17) is 34.1 Å². The smallest absolute Gasteiger partial charge is 0.322 e. The first kappa shape index (κ1) is 32.5. The SMILES string of the molecule is C=P(O)(OCc1cccc(OC(=O)CCc2ccccc2OCc2cccc(Oc3ccccc3)c2)c1)OC[C@H](N)C(=O)O. The average Bonchev–Trinajstić information content (AvgIpc) is 3.02. The Morgan fingerprint density at radius 3 is 2.18 bits per heavy atom. The number of benzene rings is 4. The lowest BCUT2D eigenvalue weighted by atomic mass is 10.1. The Hall–Kier alpha value is -4.44. The van der Waals surface area contributed by atoms with Gasteiger partial charge in [0, 0.05) is 0 Å². The molecular formula is C33H34NO9P. The zero-order valence-electron chi connectivity index (χ0n) is 23.9. The van der Waals surface area contributed by atoms with Crippen LogP contribution in [0.3, 0.4) is 0 Å². The second kappa shape index (κ2) is 15.9. The molecule has 0 aliphatic heterocycles. The van der Waals surface area contributed by atoms with E-state index in [-0.39, 0.29) is 13.0 Å². The summed E-state index contributed by atoms with van der Waals surface area (Å²) in [5.74, 6) is 0.728. The number of esters is 1. The van der Waals surface area contributed by atoms with Gasteiger partial charge in [0.05, 0.1) is 19.6 Å². The fourth-order valence-electron chi connectivity index (χ4n) is 3.93. The number of ether oxygens (including phenoxy) is 3. The number of hydrogen-bond acceptors (Lipinski definition) is 9. The van der Waals surface area contributed by atoms with Crippen LogP contribution in [0.1, 0.15) is 23.1 Å². The number of nitrogens with two attached hydrogens (primary N) is 1. The van der Waals surface area contributed by atoms with Crippen molar-refractivity contribution in [2.45, 2.75) is 32.1 Å². The molecule has 0 saturated carbocycles. The molecule has 0 radical (unpaired) electrons. The number of aryl methyl sites for hydroxylation is 1. The molecule has 0 heterocycles. The van der Waals surface area contributed by atoms with Crippen LogP contribution in [-0.2, 0) is 38.3 Å². The third-order valence-corrected chi connectivity index (χ3v) is 7.26. The maximum Gasteiger partial charge on any atom is 0.322 e. The topological polar surface area (TPSA) is 147 Å². The van der Waals surface area contributed by atoms with Crippen LogP contribution < -0.4 is 19.9 Å². The second-order valence-corrected chi connectivity index (χ2v) is 11.5. The first-order chi connectivity index (χ1) is 21.2. The van der Waals surface area contributed by atoms with Crippen LogP contribution in [0.15, 0.2) is 103 Å². The Balaban J connectivity index is 1.26. The van der Waals surface area contributed by atoms with Gasteiger partial charge in [-0.1, -0.05) is 60.7 Å². The van der Waals surface area contributed by atoms with Crippen LogP contribution >= 0.6 is 7.57 Å². The Morgan fingerprint density at radius 1 is 0.795 bits per heavy atom. The molecular weight excluding hydrogens is 585 g/mol. The maximum atomic E-state index is 12.7. The molecule has 10 nitrogen and oxygen atoms in total. The van der Waals surface area contributed by atoms with E-state index < -0.39 is 32.2 Å². The average molecular weight is 620 g/mol. The number of carbonyl (C=O) groups excluding carboxylic acids is 1. The van der Waals surface area contributed by atoms with Crippen molar-refractivity contribution in [2.24, 2.45) is 5.73 Å². The van der Waals surface area contributed by atoms with Crippen LogP contribution in [0.25, 0.3) is 0 Å². The normalized spacial score (nSPS) is 13.0. The van der Waals surface area contributed by atoms with E-state index in [0.717, 1.165) is 16.9 Å². The highest BCUT2D eigenvalue weighted by molar-refractivity contribution is 7.58. The van der Waals surface area contributed by atoms with Gasteiger partial charge in [0.15, 0.2) is 0 Å². The number of carbonyl (C=O) groups is 2. The molecule has 11 heteroatoms. The molecule has 0 saturated heterocycles. The summed E-state index contributed by atoms with van der Waals surface area (Å²) >= 11 is 0. The number of carboxylic acids is 1. The molecule has 0 bridgehead atoms. The van der Waals surface area contributed by atoms with Crippen molar-refractivity contribution in [3.05, 3.63) is 120 Å². The standard InChI is InChI=1S/C33H34NO9P/c1-44(38,41-23-30(34)33(36)37)40-22-25-10-8-15-29(20-25)43-32(35)18-17-26-11-5-6-16-31(26)39-21-24-9-7-14-28(19-24)42-27-12-3-2-4-13-27/h2-16,19-20,30,38H,1,17-18,21-23,34H2,(H,36,37)/t30-,44?/m0/s1. The number of aliphatic carboxylic acids is 1. The fourth-order valence-corrected chi connectivity index (χ4v) is 4.75. The van der Waals surface area contributed by atoms with Gasteiger partial charge in [0.1, 0.15) is 35.6 Å². The van der Waals surface area contributed by atoms with Crippen molar-refractivity contribution >= 4 is 25.8 Å². The van der Waals surface area contributed by atoms with Crippen LogP contribution in [0.4, 0.5) is 0 Å². The summed E-state index contributed by atoms with van der Waals surface area (Å²) < 4.78 is 27.9. The van der Waals surface area contributed by atoms with Crippen LogP contribution in [0, 0.1) is 0 Å². The van der Waals surface area contributed by atoms with Gasteiger partial charge in [-0.05, 0) is 71.9 Å². The minimum Gasteiger partial charge on any atom is -0.489 e. The zero-order valence-corrected chi connectivity index (χ0v) is 24.8. The number of hydrogen-bond donors (Lipinski definition) is 3. The lowest BCUT2D eigenvalue weighted by Gasteiger charge is -2.19. The van der Waals surface area contributed by atoms with E-state index in [2.05, 4.69) is 6.30 Å². The Labute approximate surface area is 255 Å². The molecule has 4 aromatic carbocycles. The Morgan fingerprint density at radius 2 is 1.43 bits per heavy atom. The summed E-state index contributed by atoms with van der Waals surface area (Å²) in [6.45, 7) is -0.232. The first-order valence-corrected chi connectivity index (χ1v) is 15.5. The third-order valence-electron chi connectivity index (χ3n) is 6.18. The monoisotopic (exact) mass is 619 g/mol. The van der Waals surface area contributed by atoms with Crippen molar-refractivity contribution in [1.29, 1.82) is 0 Å². The van der Waals surface area contributed by atoms with E-state index in [1.807, 2.05) is 78.9 Å². The quantitative estimate of drug-likeness (QED) is 0.0807. The summed E-state index contributed by atoms with van der Waals surface area (Å²) in [4.78, 5) is 33.7. The van der Waals surface area contributed by atoms with Gasteiger partial charge < -0.3 is 39.0 Å². The number of rotatable bonds is 16. The predicted octanol–water partition coefficient (Wildman–Crippen LogP) is 5.73. The lowest BCUT2D eigenvalue weighted by Crippen LogP contribution is -2.34. The van der Waals surface area contributed by atoms with E-state index in [1.165, 1.54) is 0 Å². The van der Waals surface area contributed by atoms with Gasteiger partial charge >= 0.3 is 11.9 Å². The number of para-hydroxylation sites is 2. The molecule has 4 N–H and O–H groups in total. The van der Waals surface area contributed by atoms with Gasteiger partial charge in [0.2, 0.25) is 7.57 Å². The maximum absolute atomic E-state index is 12.7. The summed E-state index contributed by atoms with van der Waals surface area (Å²) in [6, 6.07) is 30.0. The van der Waals surface area contributed by atoms with Crippen LogP contribution in [-0.4, -0.2) is 40.9 Å². The van der Waals surface area contributed by atoms with Crippen molar-refractivity contribution in [3.8, 4) is 23.0 Å². The summed E-state index contributed by atoms with van der Waals surface area (Å²) in [6.07, 6.45) is 3.99. The highest BCUT2D eigenvalue weighted by Crippen LogP contribution is 2.43. The lowest BCUT2D eigenvalue weighted by molar-refractivity contribution is -0.139. The predicted molar refractivity (Wildman–Crippen MR) is 167 cm³/mol. The number of carboxylic acid groups (broad SMARTS) is 1. The van der Waals surface area contributed by atoms with Crippen LogP contribution in [0.5, 0.6) is 23.0 Å². The Kier molecular flexibility index (Phi) is 11.7. The van der Waals surface area contributed by atoms with E-state index in [0.29, 0.717) is 35.8 Å². The molecule has 0 fully saturated rings. The van der Waals surface area contributed by atoms with Crippen LogP contribution in [0.2, 0.25) is 0 Å². The summed E-state index contributed by atoms with van der Waals surface area (Å²) in [7, 11) is -3.56. The minimum absolute atomic E-state index is 0.104. The zero-order chi connectivity index (χ0) is 31.4. The summed E-state index contributed by atoms with van der Waals surface area (Å²) in [5.41, 5.74) is 7.76. The molecule has 230 valence electrons. The van der Waals surface area contributed by atoms with E-state index in [1.54, 1.807) is 24.3 Å². The molecule has 0 aliphatic carbocycles. The molecule has 0 aliphatic rings. The molecule has 1 unspecified atom stereocenters. The first-order valence-electron chi connectivity index (χ1n) is 13.7. The van der Waals surface area contributed by atoms with Gasteiger partial charge in [-0.15, -0.1) is 0 Å². The molecule has 2 atom stereocenters. The van der Waals surface area contributed by atoms with Gasteiger partial charge in [-0.25, -0.2) is 0 Å². The third kappa shape index (κ3) is 10.7. The molecule has 0 spiro atoms. The van der Waals surface area contributed by atoms with Crippen molar-refractivity contribution in [3.63, 3.8) is 0 Å². The van der Waals surface area contributed by atoms with E-state index in [9.17, 15) is 14.5 Å². The second-order valence-electron chi connectivity index (χ2n) is 9.73. The molecule has 0 amide bonds. The largest absolute Gasteiger partial charge is 0.489 e. The summed E-state index contributed by atoms with van der Waals surface area (Å²) in [5, 5.41) is 8.83. The molecule has 0 aromatic heterocycles. The molecule has 44 heavy (non-hydrogen) atoms.